The fourth-order valence-electron chi connectivity index (χ4n) is 2.81. The Morgan fingerprint density at radius 3 is 2.86 bits per heavy atom. The number of oxazole rings is 1. The zero-order chi connectivity index (χ0) is 14.4. The number of hydrogen-bond acceptors (Lipinski definition) is 5. The number of nitrogens with one attached hydrogen (secondary N) is 1. The van der Waals surface area contributed by atoms with Crippen molar-refractivity contribution in [2.24, 2.45) is 0 Å². The van der Waals surface area contributed by atoms with Crippen LogP contribution in [0, 0.1) is 6.92 Å². The molecule has 0 spiro atoms. The molecule has 3 heterocycles. The summed E-state index contributed by atoms with van der Waals surface area (Å²) in [6.45, 7) is 5.70. The number of fused-ring (bicyclic) bond motifs is 3. The van der Waals surface area contributed by atoms with Gasteiger partial charge in [-0.3, -0.25) is 0 Å². The van der Waals surface area contributed by atoms with Crippen molar-refractivity contribution in [2.45, 2.75) is 6.92 Å². The maximum Gasteiger partial charge on any atom is 0.192 e. The molecule has 0 bridgehead atoms. The second-order valence-corrected chi connectivity index (χ2v) is 6.16. The molecular formula is C15H15BrN4O. The van der Waals surface area contributed by atoms with Crippen LogP contribution in [0.3, 0.4) is 0 Å². The van der Waals surface area contributed by atoms with Crippen LogP contribution in [0.15, 0.2) is 27.1 Å². The van der Waals surface area contributed by atoms with Crippen LogP contribution in [0.1, 0.15) is 5.89 Å². The molecule has 0 unspecified atom stereocenters. The Morgan fingerprint density at radius 2 is 2.05 bits per heavy atom. The average Bonchev–Trinajstić information content (AvgIpc) is 2.89. The van der Waals surface area contributed by atoms with Gasteiger partial charge in [0.15, 0.2) is 22.8 Å². The van der Waals surface area contributed by atoms with Crippen LogP contribution in [0.25, 0.3) is 22.0 Å². The minimum Gasteiger partial charge on any atom is -0.440 e. The summed E-state index contributed by atoms with van der Waals surface area (Å²) < 4.78 is 6.87. The van der Waals surface area contributed by atoms with Crippen molar-refractivity contribution in [3.8, 4) is 0 Å². The van der Waals surface area contributed by atoms with Gasteiger partial charge >= 0.3 is 0 Å². The highest BCUT2D eigenvalue weighted by molar-refractivity contribution is 9.10. The van der Waals surface area contributed by atoms with Gasteiger partial charge in [0.05, 0.1) is 5.52 Å². The van der Waals surface area contributed by atoms with Crippen molar-refractivity contribution >= 4 is 43.8 Å². The van der Waals surface area contributed by atoms with Gasteiger partial charge in [0.2, 0.25) is 0 Å². The monoisotopic (exact) mass is 346 g/mol. The van der Waals surface area contributed by atoms with E-state index >= 15 is 0 Å². The molecular weight excluding hydrogens is 332 g/mol. The molecule has 1 aliphatic rings. The second kappa shape index (κ2) is 4.96. The van der Waals surface area contributed by atoms with Gasteiger partial charge in [0.1, 0.15) is 0 Å². The largest absolute Gasteiger partial charge is 0.440 e. The normalized spacial score (nSPS) is 16.0. The van der Waals surface area contributed by atoms with E-state index in [1.54, 1.807) is 0 Å². The van der Waals surface area contributed by atoms with E-state index in [9.17, 15) is 0 Å². The third kappa shape index (κ3) is 2.18. The third-order valence-corrected chi connectivity index (χ3v) is 4.29. The number of rotatable bonds is 1. The summed E-state index contributed by atoms with van der Waals surface area (Å²) in [5, 5.41) is 4.36. The van der Waals surface area contributed by atoms with Crippen molar-refractivity contribution < 1.29 is 4.42 Å². The van der Waals surface area contributed by atoms with E-state index in [-0.39, 0.29) is 0 Å². The molecule has 6 heteroatoms. The summed E-state index contributed by atoms with van der Waals surface area (Å²) in [5.74, 6) is 1.61. The molecule has 0 radical (unpaired) electrons. The first kappa shape index (κ1) is 13.0. The zero-order valence-electron chi connectivity index (χ0n) is 11.7. The molecule has 0 amide bonds. The average molecular weight is 347 g/mol. The Hall–Kier alpha value is -1.66. The van der Waals surface area contributed by atoms with Gasteiger partial charge in [-0.15, -0.1) is 0 Å². The second-order valence-electron chi connectivity index (χ2n) is 5.24. The number of aromatic nitrogens is 2. The Balaban J connectivity index is 2.02. The smallest absolute Gasteiger partial charge is 0.192 e. The molecule has 1 aromatic carbocycles. The number of benzene rings is 1. The number of pyridine rings is 1. The van der Waals surface area contributed by atoms with Crippen LogP contribution >= 0.6 is 15.9 Å². The van der Waals surface area contributed by atoms with Gasteiger partial charge < -0.3 is 14.6 Å². The number of halogens is 1. The molecule has 1 saturated heterocycles. The predicted octanol–water partition coefficient (Wildman–Crippen LogP) is 2.86. The summed E-state index contributed by atoms with van der Waals surface area (Å²) in [4.78, 5) is 11.7. The molecule has 108 valence electrons. The van der Waals surface area contributed by atoms with Crippen LogP contribution in [-0.4, -0.2) is 36.1 Å². The van der Waals surface area contributed by atoms with Crippen molar-refractivity contribution in [1.29, 1.82) is 0 Å². The van der Waals surface area contributed by atoms with Gasteiger partial charge in [0.25, 0.3) is 0 Å². The Morgan fingerprint density at radius 1 is 1.24 bits per heavy atom. The summed E-state index contributed by atoms with van der Waals surface area (Å²) in [6.07, 6.45) is 0. The number of nitrogens with zero attached hydrogens (tertiary/aromatic N) is 3. The maximum atomic E-state index is 5.85. The highest BCUT2D eigenvalue weighted by Gasteiger charge is 2.20. The van der Waals surface area contributed by atoms with Crippen LogP contribution in [0.5, 0.6) is 0 Å². The lowest BCUT2D eigenvalue weighted by atomic mass is 10.2. The number of aryl methyl sites for hydroxylation is 1. The van der Waals surface area contributed by atoms with Crippen LogP contribution < -0.4 is 10.2 Å². The molecule has 5 nitrogen and oxygen atoms in total. The lowest BCUT2D eigenvalue weighted by Crippen LogP contribution is -2.44. The van der Waals surface area contributed by atoms with Crippen molar-refractivity contribution in [3.63, 3.8) is 0 Å². The fourth-order valence-corrected chi connectivity index (χ4v) is 3.17. The van der Waals surface area contributed by atoms with E-state index in [2.05, 4.69) is 31.1 Å². The predicted molar refractivity (Wildman–Crippen MR) is 86.8 cm³/mol. The number of hydrogen-bond donors (Lipinski definition) is 1. The van der Waals surface area contributed by atoms with Crippen molar-refractivity contribution in [3.05, 3.63) is 28.6 Å². The van der Waals surface area contributed by atoms with Gasteiger partial charge in [-0.05, 0) is 18.2 Å². The first-order valence-electron chi connectivity index (χ1n) is 7.04. The number of anilines is 1. The van der Waals surface area contributed by atoms with Gasteiger partial charge in [0, 0.05) is 43.0 Å². The van der Waals surface area contributed by atoms with E-state index in [1.165, 1.54) is 0 Å². The molecule has 21 heavy (non-hydrogen) atoms. The van der Waals surface area contributed by atoms with Crippen LogP contribution in [-0.2, 0) is 0 Å². The van der Waals surface area contributed by atoms with E-state index < -0.39 is 0 Å². The Kier molecular flexibility index (Phi) is 3.08. The van der Waals surface area contributed by atoms with E-state index in [4.69, 9.17) is 9.40 Å². The van der Waals surface area contributed by atoms with E-state index in [0.717, 1.165) is 58.5 Å². The van der Waals surface area contributed by atoms with Gasteiger partial charge in [-0.25, -0.2) is 9.97 Å². The summed E-state index contributed by atoms with van der Waals surface area (Å²) in [5.41, 5.74) is 2.63. The van der Waals surface area contributed by atoms with Crippen molar-refractivity contribution in [1.82, 2.24) is 15.3 Å². The van der Waals surface area contributed by atoms with E-state index in [1.807, 2.05) is 25.1 Å². The first-order chi connectivity index (χ1) is 10.2. The van der Waals surface area contributed by atoms with Gasteiger partial charge in [-0.1, -0.05) is 15.9 Å². The fraction of sp³-hybridized carbons (Fsp3) is 0.333. The molecule has 0 saturated carbocycles. The number of piperazine rings is 1. The quantitative estimate of drug-likeness (QED) is 0.734. The molecule has 1 fully saturated rings. The lowest BCUT2D eigenvalue weighted by molar-refractivity contribution is 0.563. The topological polar surface area (TPSA) is 54.2 Å². The molecule has 4 rings (SSSR count). The summed E-state index contributed by atoms with van der Waals surface area (Å²) in [6, 6.07) is 6.06. The first-order valence-corrected chi connectivity index (χ1v) is 7.84. The highest BCUT2D eigenvalue weighted by atomic mass is 79.9. The summed E-state index contributed by atoms with van der Waals surface area (Å²) in [7, 11) is 0. The standard InChI is InChI=1S/C15H15BrN4O/c1-9-18-13-14(21-9)11-8-10(16)2-3-12(11)19-15(13)20-6-4-17-5-7-20/h2-3,8,17H,4-7H2,1H3. The zero-order valence-corrected chi connectivity index (χ0v) is 13.3. The van der Waals surface area contributed by atoms with Gasteiger partial charge in [-0.2, -0.15) is 0 Å². The van der Waals surface area contributed by atoms with Crippen LogP contribution in [0.4, 0.5) is 5.82 Å². The Bertz CT molecular complexity index is 823. The molecule has 1 aliphatic heterocycles. The maximum absolute atomic E-state index is 5.85. The molecule has 2 aromatic heterocycles. The molecule has 1 N–H and O–H groups in total. The third-order valence-electron chi connectivity index (χ3n) is 3.79. The Labute approximate surface area is 130 Å². The highest BCUT2D eigenvalue weighted by Crippen LogP contribution is 2.33. The summed E-state index contributed by atoms with van der Waals surface area (Å²) >= 11 is 3.51. The SMILES string of the molecule is Cc1nc2c(N3CCNCC3)nc3ccc(Br)cc3c2o1. The van der Waals surface area contributed by atoms with Crippen LogP contribution in [0.2, 0.25) is 0 Å². The lowest BCUT2D eigenvalue weighted by Gasteiger charge is -2.28. The molecule has 0 aliphatic carbocycles. The van der Waals surface area contributed by atoms with E-state index in [0.29, 0.717) is 5.89 Å². The van der Waals surface area contributed by atoms with Crippen molar-refractivity contribution in [2.75, 3.05) is 31.1 Å². The minimum absolute atomic E-state index is 0.677. The molecule has 3 aromatic rings. The minimum atomic E-state index is 0.677. The molecule has 0 atom stereocenters.